The third kappa shape index (κ3) is 3.46. The van der Waals surface area contributed by atoms with Crippen LogP contribution in [0.4, 0.5) is 0 Å². The van der Waals surface area contributed by atoms with Gasteiger partial charge in [-0.05, 0) is 47.4 Å². The Kier molecular flexibility index (Phi) is 4.89. The molecule has 1 atom stereocenters. The average molecular weight is 341 g/mol. The second-order valence-electron chi connectivity index (χ2n) is 5.44. The number of methoxy groups -OCH3 is 1. The van der Waals surface area contributed by atoms with Crippen molar-refractivity contribution in [2.24, 2.45) is 0 Å². The van der Waals surface area contributed by atoms with Crippen molar-refractivity contribution in [2.75, 3.05) is 7.11 Å². The van der Waals surface area contributed by atoms with E-state index in [2.05, 4.69) is 15.8 Å². The summed E-state index contributed by atoms with van der Waals surface area (Å²) in [6.07, 6.45) is 1.78. The predicted octanol–water partition coefficient (Wildman–Crippen LogP) is 3.10. The van der Waals surface area contributed by atoms with Crippen molar-refractivity contribution in [3.63, 3.8) is 0 Å². The zero-order chi connectivity index (χ0) is 17.1. The van der Waals surface area contributed by atoms with Gasteiger partial charge in [0.05, 0.1) is 12.6 Å². The highest BCUT2D eigenvalue weighted by atomic mass is 32.2. The standard InChI is InChI=1S/C18H18N2O3S/c1-12-9-13(3-4-14(12)11-20-24(21)22)16-7-8-19-18-10-15(23-2)5-6-17(16)18/h3-10,20H,11H2,1-2H3,(H,21,22)/p-1. The average Bonchev–Trinajstić information content (AvgIpc) is 2.59. The summed E-state index contributed by atoms with van der Waals surface area (Å²) in [5.41, 5.74) is 5.00. The molecular weight excluding hydrogens is 324 g/mol. The van der Waals surface area contributed by atoms with E-state index in [1.54, 1.807) is 13.3 Å². The van der Waals surface area contributed by atoms with Crippen LogP contribution in [0.1, 0.15) is 11.1 Å². The van der Waals surface area contributed by atoms with Gasteiger partial charge in [-0.3, -0.25) is 9.19 Å². The van der Waals surface area contributed by atoms with E-state index in [0.717, 1.165) is 38.9 Å². The van der Waals surface area contributed by atoms with Gasteiger partial charge in [0.25, 0.3) is 0 Å². The molecule has 1 heterocycles. The number of aromatic nitrogens is 1. The molecule has 0 aliphatic rings. The van der Waals surface area contributed by atoms with Crippen LogP contribution in [0.3, 0.4) is 0 Å². The van der Waals surface area contributed by atoms with Crippen molar-refractivity contribution in [1.29, 1.82) is 0 Å². The first-order chi connectivity index (χ1) is 11.6. The lowest BCUT2D eigenvalue weighted by molar-refractivity contribution is 0.415. The molecule has 0 aliphatic carbocycles. The lowest BCUT2D eigenvalue weighted by Crippen LogP contribution is -2.16. The summed E-state index contributed by atoms with van der Waals surface area (Å²) in [7, 11) is 1.63. The molecule has 3 rings (SSSR count). The minimum Gasteiger partial charge on any atom is -0.760 e. The lowest BCUT2D eigenvalue weighted by Gasteiger charge is -2.12. The van der Waals surface area contributed by atoms with E-state index in [-0.39, 0.29) is 6.54 Å². The van der Waals surface area contributed by atoms with E-state index in [1.165, 1.54) is 0 Å². The minimum absolute atomic E-state index is 0.288. The van der Waals surface area contributed by atoms with Crippen LogP contribution in [0, 0.1) is 6.92 Å². The third-order valence-corrected chi connectivity index (χ3v) is 4.36. The summed E-state index contributed by atoms with van der Waals surface area (Å²) in [5.74, 6) is 0.773. The van der Waals surface area contributed by atoms with E-state index < -0.39 is 11.3 Å². The highest BCUT2D eigenvalue weighted by Gasteiger charge is 2.08. The number of benzene rings is 2. The summed E-state index contributed by atoms with van der Waals surface area (Å²) < 4.78 is 28.9. The molecule has 0 radical (unpaired) electrons. The first-order valence-electron chi connectivity index (χ1n) is 7.44. The van der Waals surface area contributed by atoms with Crippen molar-refractivity contribution in [3.05, 3.63) is 59.8 Å². The van der Waals surface area contributed by atoms with Gasteiger partial charge < -0.3 is 9.29 Å². The van der Waals surface area contributed by atoms with E-state index in [4.69, 9.17) is 4.74 Å². The van der Waals surface area contributed by atoms with Gasteiger partial charge in [-0.15, -0.1) is 0 Å². The van der Waals surface area contributed by atoms with E-state index >= 15 is 0 Å². The predicted molar refractivity (Wildman–Crippen MR) is 94.2 cm³/mol. The Morgan fingerprint density at radius 2 is 2.04 bits per heavy atom. The zero-order valence-electron chi connectivity index (χ0n) is 13.4. The molecule has 2 aromatic carbocycles. The largest absolute Gasteiger partial charge is 0.760 e. The van der Waals surface area contributed by atoms with Gasteiger partial charge in [-0.25, -0.2) is 4.72 Å². The lowest BCUT2D eigenvalue weighted by atomic mass is 9.97. The zero-order valence-corrected chi connectivity index (χ0v) is 14.2. The fourth-order valence-corrected chi connectivity index (χ4v) is 2.98. The fourth-order valence-electron chi connectivity index (χ4n) is 2.71. The van der Waals surface area contributed by atoms with Crippen LogP contribution in [-0.2, 0) is 17.8 Å². The Morgan fingerprint density at radius 1 is 1.21 bits per heavy atom. The number of hydrogen-bond donors (Lipinski definition) is 1. The summed E-state index contributed by atoms with van der Waals surface area (Å²) in [6, 6.07) is 13.8. The second-order valence-corrected chi connectivity index (χ2v) is 6.20. The summed E-state index contributed by atoms with van der Waals surface area (Å²) in [4.78, 5) is 4.41. The highest BCUT2D eigenvalue weighted by molar-refractivity contribution is 7.77. The molecule has 0 amide bonds. The Labute approximate surface area is 143 Å². The first-order valence-corrected chi connectivity index (χ1v) is 8.51. The highest BCUT2D eigenvalue weighted by Crippen LogP contribution is 2.30. The molecule has 0 fully saturated rings. The topological polar surface area (TPSA) is 74.3 Å². The van der Waals surface area contributed by atoms with Crippen LogP contribution < -0.4 is 9.46 Å². The van der Waals surface area contributed by atoms with E-state index in [1.807, 2.05) is 43.3 Å². The van der Waals surface area contributed by atoms with Gasteiger partial charge in [-0.2, -0.15) is 0 Å². The molecule has 1 N–H and O–H groups in total. The fraction of sp³-hybridized carbons (Fsp3) is 0.167. The second kappa shape index (κ2) is 7.09. The molecule has 0 bridgehead atoms. The van der Waals surface area contributed by atoms with Crippen molar-refractivity contribution in [3.8, 4) is 16.9 Å². The van der Waals surface area contributed by atoms with Crippen LogP contribution >= 0.6 is 0 Å². The smallest absolute Gasteiger partial charge is 0.121 e. The summed E-state index contributed by atoms with van der Waals surface area (Å²) >= 11 is -2.26. The number of ether oxygens (including phenoxy) is 1. The van der Waals surface area contributed by atoms with Crippen molar-refractivity contribution >= 4 is 22.2 Å². The normalized spacial score (nSPS) is 12.3. The van der Waals surface area contributed by atoms with Crippen LogP contribution in [-0.4, -0.2) is 20.9 Å². The molecule has 0 saturated carbocycles. The first kappa shape index (κ1) is 16.6. The molecule has 124 valence electrons. The van der Waals surface area contributed by atoms with E-state index in [0.29, 0.717) is 0 Å². The van der Waals surface area contributed by atoms with Crippen LogP contribution in [0.5, 0.6) is 5.75 Å². The number of nitrogens with zero attached hydrogens (tertiary/aromatic N) is 1. The molecule has 0 spiro atoms. The number of fused-ring (bicyclic) bond motifs is 1. The van der Waals surface area contributed by atoms with Gasteiger partial charge in [0, 0.05) is 35.5 Å². The van der Waals surface area contributed by atoms with Crippen LogP contribution in [0.15, 0.2) is 48.7 Å². The number of nitrogens with one attached hydrogen (secondary N) is 1. The van der Waals surface area contributed by atoms with Gasteiger partial charge in [0.1, 0.15) is 5.75 Å². The molecule has 1 aromatic heterocycles. The molecule has 5 nitrogen and oxygen atoms in total. The Morgan fingerprint density at radius 3 is 2.75 bits per heavy atom. The molecular formula is C18H17N2O3S-. The monoisotopic (exact) mass is 341 g/mol. The van der Waals surface area contributed by atoms with E-state index in [9.17, 15) is 8.76 Å². The maximum Gasteiger partial charge on any atom is 0.121 e. The SMILES string of the molecule is COc1ccc2c(-c3ccc(CNS(=O)[O-])c(C)c3)ccnc2c1. The molecule has 0 aliphatic heterocycles. The van der Waals surface area contributed by atoms with Crippen LogP contribution in [0.25, 0.3) is 22.0 Å². The third-order valence-electron chi connectivity index (χ3n) is 3.98. The Bertz CT molecular complexity index is 912. The summed E-state index contributed by atoms with van der Waals surface area (Å²) in [5, 5.41) is 1.05. The van der Waals surface area contributed by atoms with Crippen molar-refractivity contribution in [1.82, 2.24) is 9.71 Å². The van der Waals surface area contributed by atoms with Gasteiger partial charge >= 0.3 is 0 Å². The Balaban J connectivity index is 2.01. The number of aryl methyl sites for hydroxylation is 1. The van der Waals surface area contributed by atoms with Crippen molar-refractivity contribution < 1.29 is 13.5 Å². The molecule has 3 aromatic rings. The van der Waals surface area contributed by atoms with Crippen molar-refractivity contribution in [2.45, 2.75) is 13.5 Å². The van der Waals surface area contributed by atoms with Gasteiger partial charge in [0.2, 0.25) is 0 Å². The molecule has 1 unspecified atom stereocenters. The molecule has 0 saturated heterocycles. The van der Waals surface area contributed by atoms with Gasteiger partial charge in [0.15, 0.2) is 0 Å². The quantitative estimate of drug-likeness (QED) is 0.724. The molecule has 24 heavy (non-hydrogen) atoms. The number of hydrogen-bond acceptors (Lipinski definition) is 4. The number of rotatable bonds is 5. The summed E-state index contributed by atoms with van der Waals surface area (Å²) in [6.45, 7) is 2.26. The maximum atomic E-state index is 10.6. The Hall–Kier alpha value is -2.28. The van der Waals surface area contributed by atoms with Crippen LogP contribution in [0.2, 0.25) is 0 Å². The number of pyridine rings is 1. The minimum atomic E-state index is -2.26. The maximum absolute atomic E-state index is 10.6. The van der Waals surface area contributed by atoms with Gasteiger partial charge in [-0.1, -0.05) is 18.2 Å². The molecule has 6 heteroatoms.